The summed E-state index contributed by atoms with van der Waals surface area (Å²) in [5.74, 6) is 0.898. The second-order valence-corrected chi connectivity index (χ2v) is 5.47. The molecule has 1 aliphatic rings. The van der Waals surface area contributed by atoms with Crippen molar-refractivity contribution in [1.82, 2.24) is 14.9 Å². The highest BCUT2D eigenvalue weighted by Crippen LogP contribution is 2.30. The van der Waals surface area contributed by atoms with Crippen LogP contribution in [0.1, 0.15) is 44.5 Å². The minimum atomic E-state index is -0.239. The lowest BCUT2D eigenvalue weighted by Gasteiger charge is -2.31. The molecule has 0 saturated heterocycles. The van der Waals surface area contributed by atoms with Gasteiger partial charge in [0.25, 0.3) is 0 Å². The summed E-state index contributed by atoms with van der Waals surface area (Å²) in [6.07, 6.45) is 7.88. The molecule has 1 saturated carbocycles. The van der Waals surface area contributed by atoms with Crippen molar-refractivity contribution in [2.75, 3.05) is 13.7 Å². The van der Waals surface area contributed by atoms with Crippen LogP contribution in [0.15, 0.2) is 12.4 Å². The molecule has 0 spiro atoms. The average Bonchev–Trinajstić information content (AvgIpc) is 2.98. The minimum absolute atomic E-state index is 0.0417. The Balaban J connectivity index is 2.05. The zero-order valence-electron chi connectivity index (χ0n) is 12.0. The number of hydrogen-bond acceptors (Lipinski definition) is 3. The summed E-state index contributed by atoms with van der Waals surface area (Å²) in [6.45, 7) is 4.40. The van der Waals surface area contributed by atoms with Gasteiger partial charge in [-0.15, -0.1) is 0 Å². The second kappa shape index (κ2) is 5.74. The van der Waals surface area contributed by atoms with Crippen LogP contribution in [0.3, 0.4) is 0 Å². The number of amides is 1. The lowest BCUT2D eigenvalue weighted by Crippen LogP contribution is -2.51. The first-order valence-corrected chi connectivity index (χ1v) is 6.88. The maximum Gasteiger partial charge on any atom is 0.243 e. The predicted octanol–water partition coefficient (Wildman–Crippen LogP) is 1.83. The monoisotopic (exact) mass is 265 g/mol. The molecular formula is C14H23N3O2. The third kappa shape index (κ3) is 2.97. The van der Waals surface area contributed by atoms with Crippen molar-refractivity contribution < 1.29 is 9.53 Å². The van der Waals surface area contributed by atoms with E-state index < -0.39 is 0 Å². The van der Waals surface area contributed by atoms with E-state index in [9.17, 15) is 4.79 Å². The summed E-state index contributed by atoms with van der Waals surface area (Å²) in [7, 11) is 1.69. The van der Waals surface area contributed by atoms with Crippen LogP contribution >= 0.6 is 0 Å². The molecule has 0 unspecified atom stereocenters. The standard InChI is InChI=1S/C14H23N3O2/c1-11(17-9-8-15-12(17)2)13(18)16-14(10-19-3)6-4-5-7-14/h8-9,11H,4-7,10H2,1-3H3,(H,16,18)/t11-/m1/s1. The van der Waals surface area contributed by atoms with E-state index in [1.165, 1.54) is 0 Å². The Bertz CT molecular complexity index is 436. The maximum absolute atomic E-state index is 12.4. The van der Waals surface area contributed by atoms with Gasteiger partial charge in [-0.05, 0) is 26.7 Å². The molecule has 1 aliphatic carbocycles. The molecule has 106 valence electrons. The van der Waals surface area contributed by atoms with E-state index in [0.717, 1.165) is 31.5 Å². The van der Waals surface area contributed by atoms with Gasteiger partial charge in [-0.25, -0.2) is 4.98 Å². The number of nitrogens with one attached hydrogen (secondary N) is 1. The molecule has 1 aromatic rings. The molecule has 0 radical (unpaired) electrons. The molecule has 5 heteroatoms. The third-order valence-corrected chi connectivity index (χ3v) is 4.03. The number of aryl methyl sites for hydroxylation is 1. The Hall–Kier alpha value is -1.36. The number of methoxy groups -OCH3 is 1. The molecule has 1 aromatic heterocycles. The fraction of sp³-hybridized carbons (Fsp3) is 0.714. The Kier molecular flexibility index (Phi) is 4.24. The van der Waals surface area contributed by atoms with E-state index >= 15 is 0 Å². The van der Waals surface area contributed by atoms with E-state index in [4.69, 9.17) is 4.74 Å². The van der Waals surface area contributed by atoms with E-state index in [1.54, 1.807) is 13.3 Å². The van der Waals surface area contributed by atoms with Crippen molar-refractivity contribution in [3.63, 3.8) is 0 Å². The number of ether oxygens (including phenoxy) is 1. The van der Waals surface area contributed by atoms with Crippen LogP contribution in [-0.4, -0.2) is 34.7 Å². The smallest absolute Gasteiger partial charge is 0.243 e. The summed E-state index contributed by atoms with van der Waals surface area (Å²) >= 11 is 0. The molecule has 1 heterocycles. The lowest BCUT2D eigenvalue weighted by molar-refractivity contribution is -0.126. The van der Waals surface area contributed by atoms with Crippen molar-refractivity contribution in [2.24, 2.45) is 0 Å². The Morgan fingerprint density at radius 2 is 2.26 bits per heavy atom. The van der Waals surface area contributed by atoms with Gasteiger partial charge in [0, 0.05) is 19.5 Å². The van der Waals surface area contributed by atoms with E-state index in [2.05, 4.69) is 10.3 Å². The fourth-order valence-electron chi connectivity index (χ4n) is 2.92. The molecule has 1 fully saturated rings. The van der Waals surface area contributed by atoms with Crippen molar-refractivity contribution >= 4 is 5.91 Å². The van der Waals surface area contributed by atoms with Crippen LogP contribution in [0.25, 0.3) is 0 Å². The zero-order valence-corrected chi connectivity index (χ0v) is 12.0. The minimum Gasteiger partial charge on any atom is -0.382 e. The van der Waals surface area contributed by atoms with Gasteiger partial charge in [-0.2, -0.15) is 0 Å². The Morgan fingerprint density at radius 1 is 1.58 bits per heavy atom. The summed E-state index contributed by atoms with van der Waals surface area (Å²) in [5, 5.41) is 3.20. The summed E-state index contributed by atoms with van der Waals surface area (Å²) in [5.41, 5.74) is -0.172. The van der Waals surface area contributed by atoms with Gasteiger partial charge in [0.15, 0.2) is 0 Å². The largest absolute Gasteiger partial charge is 0.382 e. The summed E-state index contributed by atoms with van der Waals surface area (Å²) in [6, 6.07) is -0.239. The molecule has 0 bridgehead atoms. The van der Waals surface area contributed by atoms with E-state index in [1.807, 2.05) is 24.6 Å². The molecule has 1 N–H and O–H groups in total. The molecule has 0 aromatic carbocycles. The highest BCUT2D eigenvalue weighted by atomic mass is 16.5. The highest BCUT2D eigenvalue weighted by Gasteiger charge is 2.36. The molecule has 1 amide bonds. The van der Waals surface area contributed by atoms with Gasteiger partial charge in [-0.3, -0.25) is 4.79 Å². The number of carbonyl (C=O) groups excluding carboxylic acids is 1. The van der Waals surface area contributed by atoms with E-state index in [0.29, 0.717) is 6.61 Å². The quantitative estimate of drug-likeness (QED) is 0.883. The van der Waals surface area contributed by atoms with Crippen molar-refractivity contribution in [3.05, 3.63) is 18.2 Å². The highest BCUT2D eigenvalue weighted by molar-refractivity contribution is 5.80. The SMILES string of the molecule is COCC1(NC(=O)[C@@H](C)n2ccnc2C)CCCC1. The van der Waals surface area contributed by atoms with Crippen LogP contribution in [0.5, 0.6) is 0 Å². The first-order chi connectivity index (χ1) is 9.08. The van der Waals surface area contributed by atoms with E-state index in [-0.39, 0.29) is 17.5 Å². The molecule has 0 aliphatic heterocycles. The lowest BCUT2D eigenvalue weighted by atomic mass is 9.98. The van der Waals surface area contributed by atoms with Gasteiger partial charge in [0.2, 0.25) is 5.91 Å². The molecular weight excluding hydrogens is 242 g/mol. The topological polar surface area (TPSA) is 56.1 Å². The molecule has 2 rings (SSSR count). The Morgan fingerprint density at radius 3 is 2.79 bits per heavy atom. The van der Waals surface area contributed by atoms with Gasteiger partial charge in [-0.1, -0.05) is 12.8 Å². The van der Waals surface area contributed by atoms with Gasteiger partial charge in [0.1, 0.15) is 11.9 Å². The molecule has 5 nitrogen and oxygen atoms in total. The van der Waals surface area contributed by atoms with Crippen LogP contribution in [0, 0.1) is 6.92 Å². The normalized spacial score (nSPS) is 19.3. The predicted molar refractivity (Wildman–Crippen MR) is 72.9 cm³/mol. The number of aromatic nitrogens is 2. The Labute approximate surface area is 114 Å². The number of rotatable bonds is 5. The number of nitrogens with zero attached hydrogens (tertiary/aromatic N) is 2. The van der Waals surface area contributed by atoms with Crippen LogP contribution in [-0.2, 0) is 9.53 Å². The van der Waals surface area contributed by atoms with Crippen molar-refractivity contribution in [2.45, 2.75) is 51.1 Å². The zero-order chi connectivity index (χ0) is 13.9. The number of hydrogen-bond donors (Lipinski definition) is 1. The van der Waals surface area contributed by atoms with Crippen molar-refractivity contribution in [3.8, 4) is 0 Å². The van der Waals surface area contributed by atoms with Crippen LogP contribution in [0.2, 0.25) is 0 Å². The fourth-order valence-corrected chi connectivity index (χ4v) is 2.92. The molecule has 19 heavy (non-hydrogen) atoms. The number of imidazole rings is 1. The maximum atomic E-state index is 12.4. The summed E-state index contributed by atoms with van der Waals surface area (Å²) in [4.78, 5) is 16.6. The first-order valence-electron chi connectivity index (χ1n) is 6.88. The van der Waals surface area contributed by atoms with Crippen molar-refractivity contribution in [1.29, 1.82) is 0 Å². The molecule has 1 atom stereocenters. The summed E-state index contributed by atoms with van der Waals surface area (Å²) < 4.78 is 7.18. The second-order valence-electron chi connectivity index (χ2n) is 5.47. The van der Waals surface area contributed by atoms with Gasteiger partial charge < -0.3 is 14.6 Å². The number of carbonyl (C=O) groups is 1. The van der Waals surface area contributed by atoms with Gasteiger partial charge >= 0.3 is 0 Å². The van der Waals surface area contributed by atoms with Gasteiger partial charge in [0.05, 0.1) is 12.1 Å². The average molecular weight is 265 g/mol. The van der Waals surface area contributed by atoms with Crippen LogP contribution in [0.4, 0.5) is 0 Å². The van der Waals surface area contributed by atoms with Crippen LogP contribution < -0.4 is 5.32 Å². The first kappa shape index (κ1) is 14.1. The third-order valence-electron chi connectivity index (χ3n) is 4.03.